The van der Waals surface area contributed by atoms with Crippen molar-refractivity contribution in [2.45, 2.75) is 68.0 Å². The minimum atomic E-state index is -1.60. The van der Waals surface area contributed by atoms with Gasteiger partial charge >= 0.3 is 5.63 Å². The summed E-state index contributed by atoms with van der Waals surface area (Å²) in [6.45, 7) is -1.38. The number of ether oxygens (including phenoxy) is 4. The van der Waals surface area contributed by atoms with Crippen LogP contribution in [0.2, 0.25) is 0 Å². The highest BCUT2D eigenvalue weighted by atomic mass is 16.7. The minimum absolute atomic E-state index is 0.0966. The topological polar surface area (TPSA) is 269 Å². The van der Waals surface area contributed by atoms with Gasteiger partial charge in [0.25, 0.3) is 0 Å². The average Bonchev–Trinajstić information content (AvgIpc) is 3.02. The number of phenolic OH excluding ortho intramolecular Hbond substituents is 1. The first-order valence-electron chi connectivity index (χ1n) is 13.4. The van der Waals surface area contributed by atoms with E-state index in [9.17, 15) is 45.6 Å². The molecule has 0 bridgehead atoms. The highest BCUT2D eigenvalue weighted by Gasteiger charge is 2.46. The van der Waals surface area contributed by atoms with E-state index in [0.29, 0.717) is 16.7 Å². The molecule has 0 aliphatic carbocycles. The van der Waals surface area contributed by atoms with Crippen LogP contribution in [0, 0.1) is 0 Å². The second-order valence-electron chi connectivity index (χ2n) is 10.0. The molecule has 2 aliphatic rings. The van der Waals surface area contributed by atoms with Crippen LogP contribution >= 0.6 is 0 Å². The smallest absolute Gasteiger partial charge is 0.336 e. The molecular formula is C28H34O16. The van der Waals surface area contributed by atoms with Crippen LogP contribution in [-0.4, -0.2) is 126 Å². The molecule has 2 fully saturated rings. The monoisotopic (exact) mass is 626 g/mol. The molecule has 0 saturated carbocycles. The molecule has 0 radical (unpaired) electrons. The van der Waals surface area contributed by atoms with Crippen LogP contribution in [0.1, 0.15) is 5.56 Å². The molecule has 242 valence electrons. The maximum absolute atomic E-state index is 11.2. The quantitative estimate of drug-likeness (QED) is 0.117. The summed E-state index contributed by atoms with van der Waals surface area (Å²) in [7, 11) is 0. The van der Waals surface area contributed by atoms with Gasteiger partial charge in [-0.15, -0.1) is 0 Å². The number of aromatic hydroxyl groups is 1. The summed E-state index contributed by atoms with van der Waals surface area (Å²) >= 11 is 0. The van der Waals surface area contributed by atoms with Gasteiger partial charge in [0, 0.05) is 23.1 Å². The van der Waals surface area contributed by atoms with Gasteiger partial charge in [0.1, 0.15) is 60.2 Å². The molecule has 16 nitrogen and oxygen atoms in total. The van der Waals surface area contributed by atoms with Crippen molar-refractivity contribution in [3.63, 3.8) is 0 Å². The third-order valence-electron chi connectivity index (χ3n) is 7.03. The van der Waals surface area contributed by atoms with Gasteiger partial charge in [0.2, 0.25) is 12.6 Å². The lowest BCUT2D eigenvalue weighted by Gasteiger charge is -2.39. The van der Waals surface area contributed by atoms with E-state index in [0.717, 1.165) is 6.07 Å². The summed E-state index contributed by atoms with van der Waals surface area (Å²) in [5, 5.41) is 96.4. The predicted octanol–water partition coefficient (Wildman–Crippen LogP) is -2.97. The second-order valence-corrected chi connectivity index (χ2v) is 10.0. The Hall–Kier alpha value is -3.39. The fraction of sp³-hybridized carbons (Fsp3) is 0.464. The van der Waals surface area contributed by atoms with Crippen LogP contribution in [0.15, 0.2) is 57.7 Å². The first kappa shape index (κ1) is 33.5. The van der Waals surface area contributed by atoms with Crippen LogP contribution in [0.3, 0.4) is 0 Å². The summed E-state index contributed by atoms with van der Waals surface area (Å²) in [5.41, 5.74) is 0.0510. The Morgan fingerprint density at radius 1 is 0.659 bits per heavy atom. The van der Waals surface area contributed by atoms with Gasteiger partial charge in [0.15, 0.2) is 11.5 Å². The Balaban J connectivity index is 0.000000204. The third-order valence-corrected chi connectivity index (χ3v) is 7.03. The first-order valence-corrected chi connectivity index (χ1v) is 13.4. The minimum Gasteiger partial charge on any atom is -0.504 e. The lowest BCUT2D eigenvalue weighted by Crippen LogP contribution is -2.60. The van der Waals surface area contributed by atoms with Crippen LogP contribution in [0.5, 0.6) is 17.2 Å². The van der Waals surface area contributed by atoms with Gasteiger partial charge < -0.3 is 74.4 Å². The molecule has 3 aromatic rings. The van der Waals surface area contributed by atoms with E-state index in [2.05, 4.69) is 0 Å². The van der Waals surface area contributed by atoms with E-state index in [-0.39, 0.29) is 23.7 Å². The Labute approximate surface area is 248 Å². The maximum atomic E-state index is 11.2. The van der Waals surface area contributed by atoms with Crippen molar-refractivity contribution in [3.05, 3.63) is 64.5 Å². The first-order chi connectivity index (χ1) is 21.0. The highest BCUT2D eigenvalue weighted by molar-refractivity contribution is 5.80. The maximum Gasteiger partial charge on any atom is 0.336 e. The largest absolute Gasteiger partial charge is 0.504 e. The number of aliphatic hydroxyl groups excluding tert-OH is 9. The van der Waals surface area contributed by atoms with E-state index in [1.165, 1.54) is 18.2 Å². The summed E-state index contributed by atoms with van der Waals surface area (Å²) in [6.07, 6.45) is -13.9. The Kier molecular flexibility index (Phi) is 11.1. The van der Waals surface area contributed by atoms with Gasteiger partial charge in [-0.3, -0.25) is 0 Å². The number of hydrogen-bond donors (Lipinski definition) is 10. The highest BCUT2D eigenvalue weighted by Crippen LogP contribution is 2.34. The van der Waals surface area contributed by atoms with Crippen molar-refractivity contribution in [1.82, 2.24) is 0 Å². The SMILES string of the molecule is O=c1ccc2cc(O[C@@H]3O[C@H](CO)[C@@H](O)[C@H](O)[C@H]3O)c(O)cc2o1.OCc1ccccc1O[C@@H]1O[C@H](CO)[C@@H](O)[C@H](O)[C@H]1O. The summed E-state index contributed by atoms with van der Waals surface area (Å²) in [6, 6.07) is 11.8. The van der Waals surface area contributed by atoms with Crippen molar-refractivity contribution in [3.8, 4) is 17.2 Å². The number of benzene rings is 2. The van der Waals surface area contributed by atoms with E-state index in [1.54, 1.807) is 24.3 Å². The van der Waals surface area contributed by atoms with E-state index in [1.807, 2.05) is 0 Å². The molecule has 0 spiro atoms. The zero-order chi connectivity index (χ0) is 32.1. The molecule has 44 heavy (non-hydrogen) atoms. The summed E-state index contributed by atoms with van der Waals surface area (Å²) < 4.78 is 26.1. The Morgan fingerprint density at radius 2 is 1.20 bits per heavy atom. The lowest BCUT2D eigenvalue weighted by atomic mass is 9.99. The lowest BCUT2D eigenvalue weighted by molar-refractivity contribution is -0.277. The fourth-order valence-corrected chi connectivity index (χ4v) is 4.51. The van der Waals surface area contributed by atoms with Crippen molar-refractivity contribution >= 4 is 11.0 Å². The average molecular weight is 627 g/mol. The summed E-state index contributed by atoms with van der Waals surface area (Å²) in [4.78, 5) is 11.2. The molecule has 16 heteroatoms. The van der Waals surface area contributed by atoms with Crippen LogP contribution in [-0.2, 0) is 16.1 Å². The zero-order valence-electron chi connectivity index (χ0n) is 22.9. The Bertz CT molecular complexity index is 1430. The van der Waals surface area contributed by atoms with Crippen molar-refractivity contribution in [1.29, 1.82) is 0 Å². The molecule has 1 aromatic heterocycles. The number of rotatable bonds is 7. The van der Waals surface area contributed by atoms with Crippen molar-refractivity contribution < 1.29 is 74.4 Å². The number of fused-ring (bicyclic) bond motifs is 1. The van der Waals surface area contributed by atoms with Gasteiger partial charge in [-0.25, -0.2) is 4.79 Å². The van der Waals surface area contributed by atoms with Gasteiger partial charge in [-0.05, 0) is 18.2 Å². The molecule has 2 aliphatic heterocycles. The van der Waals surface area contributed by atoms with Crippen molar-refractivity contribution in [2.75, 3.05) is 13.2 Å². The molecule has 2 saturated heterocycles. The number of aliphatic hydroxyl groups is 9. The van der Waals surface area contributed by atoms with Crippen LogP contribution in [0.4, 0.5) is 0 Å². The zero-order valence-corrected chi connectivity index (χ0v) is 22.9. The number of para-hydroxylation sites is 1. The molecular weight excluding hydrogens is 592 g/mol. The van der Waals surface area contributed by atoms with E-state index in [4.69, 9.17) is 33.6 Å². The molecule has 5 rings (SSSR count). The van der Waals surface area contributed by atoms with Gasteiger partial charge in [-0.2, -0.15) is 0 Å². The fourth-order valence-electron chi connectivity index (χ4n) is 4.51. The van der Waals surface area contributed by atoms with Crippen LogP contribution in [0.25, 0.3) is 11.0 Å². The summed E-state index contributed by atoms with van der Waals surface area (Å²) in [5.74, 6) is -0.186. The molecule has 0 unspecified atom stereocenters. The normalized spacial score (nSPS) is 32.0. The van der Waals surface area contributed by atoms with E-state index >= 15 is 0 Å². The van der Waals surface area contributed by atoms with Gasteiger partial charge in [-0.1, -0.05) is 18.2 Å². The van der Waals surface area contributed by atoms with Gasteiger partial charge in [0.05, 0.1) is 19.8 Å². The van der Waals surface area contributed by atoms with Crippen LogP contribution < -0.4 is 15.1 Å². The standard InChI is InChI=1S/C15H16O9.C13H18O7/c16-5-10-12(19)13(20)14(21)15(24-10)23-9-3-6-1-2-11(18)22-8(6)4-7(9)17;14-5-7-3-1-2-4-8(7)19-13-12(18)11(17)10(16)9(6-15)20-13/h1-4,10,12-17,19-21H,5H2;1-4,9-18H,5-6H2/t10-,12-,13+,14-,15-;9-,10-,11+,12-,13-/m11/s1. The van der Waals surface area contributed by atoms with Crippen molar-refractivity contribution in [2.24, 2.45) is 0 Å². The Morgan fingerprint density at radius 3 is 1.75 bits per heavy atom. The molecule has 10 atom stereocenters. The van der Waals surface area contributed by atoms with E-state index < -0.39 is 80.3 Å². The molecule has 3 heterocycles. The molecule has 10 N–H and O–H groups in total. The molecule has 2 aromatic carbocycles. The second kappa shape index (κ2) is 14.6. The predicted molar refractivity (Wildman–Crippen MR) is 145 cm³/mol. The number of phenols is 1. The third kappa shape index (κ3) is 7.28. The molecule has 0 amide bonds. The number of hydrogen-bond acceptors (Lipinski definition) is 16.